The summed E-state index contributed by atoms with van der Waals surface area (Å²) in [6.07, 6.45) is 0. The van der Waals surface area contributed by atoms with Gasteiger partial charge in [-0.05, 0) is 27.6 Å². The molecule has 2 aliphatic heterocycles. The van der Waals surface area contributed by atoms with E-state index in [9.17, 15) is 9.90 Å². The summed E-state index contributed by atoms with van der Waals surface area (Å²) in [6, 6.07) is 1.66. The fourth-order valence-electron chi connectivity index (χ4n) is 2.76. The second-order valence-electron chi connectivity index (χ2n) is 5.39. The highest BCUT2D eigenvalue weighted by Gasteiger charge is 2.41. The highest BCUT2D eigenvalue weighted by Crippen LogP contribution is 2.45. The quantitative estimate of drug-likeness (QED) is 0.705. The van der Waals surface area contributed by atoms with Crippen molar-refractivity contribution >= 4 is 50.4 Å². The molecule has 1 aromatic carbocycles. The lowest BCUT2D eigenvalue weighted by atomic mass is 10.1. The van der Waals surface area contributed by atoms with Gasteiger partial charge in [-0.1, -0.05) is 11.6 Å². The maximum atomic E-state index is 12.5. The molecule has 0 aliphatic carbocycles. The van der Waals surface area contributed by atoms with Crippen molar-refractivity contribution in [2.45, 2.75) is 6.54 Å². The molecule has 0 unspecified atom stereocenters. The fraction of sp³-hybridized carbons (Fsp3) is 0.250. The third kappa shape index (κ3) is 3.04. The third-order valence-corrected chi connectivity index (χ3v) is 5.10. The average molecular weight is 458 g/mol. The highest BCUT2D eigenvalue weighted by atomic mass is 79.9. The molecule has 1 aromatic rings. The Balaban J connectivity index is 2.06. The summed E-state index contributed by atoms with van der Waals surface area (Å²) >= 11 is 9.42. The van der Waals surface area contributed by atoms with E-state index >= 15 is 0 Å². The molecule has 0 saturated heterocycles. The monoisotopic (exact) mass is 456 g/mol. The molecule has 0 bridgehead atoms. The van der Waals surface area contributed by atoms with Gasteiger partial charge in [0.1, 0.15) is 10.7 Å². The largest absolute Gasteiger partial charge is 0.502 e. The molecule has 0 saturated carbocycles. The number of aliphatic hydroxyl groups excluding tert-OH is 1. The van der Waals surface area contributed by atoms with E-state index in [4.69, 9.17) is 31.2 Å². The van der Waals surface area contributed by atoms with Crippen LogP contribution in [0.1, 0.15) is 5.56 Å². The van der Waals surface area contributed by atoms with E-state index in [2.05, 4.69) is 25.9 Å². The van der Waals surface area contributed by atoms with Crippen molar-refractivity contribution in [2.75, 3.05) is 21.3 Å². The first-order chi connectivity index (χ1) is 12.8. The number of benzene rings is 1. The van der Waals surface area contributed by atoms with Gasteiger partial charge in [0.15, 0.2) is 23.1 Å². The standard InChI is InChI=1S/C16H14BrClN4O5/c1-25-7-4-6(9(17)12(27-3)11(7)26-2)5-22-14-8(10(23)15(22)24)13(18)20-16(19)21-14/h4,19,23H,5H2,1-3H3. The summed E-state index contributed by atoms with van der Waals surface area (Å²) in [7, 11) is 4.43. The van der Waals surface area contributed by atoms with Gasteiger partial charge in [-0.15, -0.1) is 0 Å². The Morgan fingerprint density at radius 2 is 1.89 bits per heavy atom. The summed E-state index contributed by atoms with van der Waals surface area (Å²) in [5.74, 6) is -0.412. The Hall–Kier alpha value is -2.59. The van der Waals surface area contributed by atoms with E-state index in [-0.39, 0.29) is 29.1 Å². The first-order valence-corrected chi connectivity index (χ1v) is 8.65. The second kappa shape index (κ2) is 7.20. The van der Waals surface area contributed by atoms with Gasteiger partial charge in [0, 0.05) is 0 Å². The number of hydrogen-bond acceptors (Lipinski definition) is 6. The Labute approximate surface area is 167 Å². The van der Waals surface area contributed by atoms with E-state index in [0.29, 0.717) is 27.3 Å². The van der Waals surface area contributed by atoms with Gasteiger partial charge in [0.05, 0.1) is 32.3 Å². The maximum absolute atomic E-state index is 12.5. The summed E-state index contributed by atoms with van der Waals surface area (Å²) < 4.78 is 16.6. The number of nitrogens with one attached hydrogen (secondary N) is 1. The number of carbonyl (C=O) groups is 1. The number of hydrogen-bond donors (Lipinski definition) is 2. The van der Waals surface area contributed by atoms with Crippen LogP contribution in [0.2, 0.25) is 0 Å². The molecule has 0 atom stereocenters. The summed E-state index contributed by atoms with van der Waals surface area (Å²) in [4.78, 5) is 21.3. The smallest absolute Gasteiger partial charge is 0.295 e. The van der Waals surface area contributed by atoms with Gasteiger partial charge >= 0.3 is 0 Å². The van der Waals surface area contributed by atoms with Gasteiger partial charge in [0.2, 0.25) is 11.7 Å². The van der Waals surface area contributed by atoms with Crippen LogP contribution >= 0.6 is 27.5 Å². The van der Waals surface area contributed by atoms with Gasteiger partial charge in [0.25, 0.3) is 5.91 Å². The molecule has 9 nitrogen and oxygen atoms in total. The normalized spacial score (nSPS) is 16.3. The number of fused-ring (bicyclic) bond motifs is 1. The molecule has 11 heteroatoms. The van der Waals surface area contributed by atoms with Crippen LogP contribution in [0, 0.1) is 5.41 Å². The van der Waals surface area contributed by atoms with Gasteiger partial charge < -0.3 is 19.3 Å². The van der Waals surface area contributed by atoms with E-state index in [1.165, 1.54) is 26.2 Å². The number of amides is 1. The molecule has 27 heavy (non-hydrogen) atoms. The van der Waals surface area contributed by atoms with Crippen LogP contribution in [0.3, 0.4) is 0 Å². The molecule has 0 spiro atoms. The maximum Gasteiger partial charge on any atom is 0.295 e. The Morgan fingerprint density at radius 3 is 2.48 bits per heavy atom. The first kappa shape index (κ1) is 19.2. The number of amidine groups is 1. The molecule has 0 fully saturated rings. The lowest BCUT2D eigenvalue weighted by Crippen LogP contribution is -2.34. The van der Waals surface area contributed by atoms with Gasteiger partial charge in [-0.25, -0.2) is 0 Å². The van der Waals surface area contributed by atoms with Crippen molar-refractivity contribution in [2.24, 2.45) is 9.98 Å². The number of carbonyl (C=O) groups excluding carboxylic acids is 1. The topological polar surface area (TPSA) is 117 Å². The zero-order chi connectivity index (χ0) is 19.9. The van der Waals surface area contributed by atoms with E-state index in [1.807, 2.05) is 0 Å². The Kier molecular flexibility index (Phi) is 5.11. The van der Waals surface area contributed by atoms with Crippen LogP contribution in [-0.2, 0) is 11.3 Å². The van der Waals surface area contributed by atoms with Crippen LogP contribution in [-0.4, -0.2) is 54.2 Å². The first-order valence-electron chi connectivity index (χ1n) is 7.48. The van der Waals surface area contributed by atoms with Crippen LogP contribution < -0.4 is 14.2 Å². The molecular weight excluding hydrogens is 444 g/mol. The molecule has 0 aromatic heterocycles. The fourth-order valence-corrected chi connectivity index (χ4v) is 3.59. The van der Waals surface area contributed by atoms with Crippen LogP contribution in [0.5, 0.6) is 17.2 Å². The third-order valence-electron chi connectivity index (χ3n) is 3.96. The van der Waals surface area contributed by atoms with Gasteiger partial charge in [-0.3, -0.25) is 15.1 Å². The van der Waals surface area contributed by atoms with Crippen molar-refractivity contribution in [1.82, 2.24) is 4.90 Å². The minimum Gasteiger partial charge on any atom is -0.502 e. The number of halogens is 2. The number of rotatable bonds is 5. The summed E-state index contributed by atoms with van der Waals surface area (Å²) in [5.41, 5.74) is 0.598. The number of guanidine groups is 1. The second-order valence-corrected chi connectivity index (χ2v) is 6.55. The number of aliphatic hydroxyl groups is 1. The van der Waals surface area contributed by atoms with Crippen molar-refractivity contribution in [3.63, 3.8) is 0 Å². The molecule has 1 amide bonds. The number of methoxy groups -OCH3 is 3. The minimum absolute atomic E-state index is 0.0000266. The predicted octanol–water partition coefficient (Wildman–Crippen LogP) is 2.61. The molecule has 142 valence electrons. The summed E-state index contributed by atoms with van der Waals surface area (Å²) in [5, 5.41) is 17.6. The predicted molar refractivity (Wildman–Crippen MR) is 102 cm³/mol. The van der Waals surface area contributed by atoms with Crippen LogP contribution in [0.4, 0.5) is 0 Å². The molecule has 0 radical (unpaired) electrons. The van der Waals surface area contributed by atoms with E-state index in [0.717, 1.165) is 0 Å². The SMILES string of the molecule is COc1cc(CN2C(=O)C(O)=C3C(Cl)=NC(=N)N=C32)c(Br)c(OC)c1OC. The average Bonchev–Trinajstić information content (AvgIpc) is 2.87. The lowest BCUT2D eigenvalue weighted by Gasteiger charge is -2.22. The van der Waals surface area contributed by atoms with E-state index < -0.39 is 11.7 Å². The number of ether oxygens (including phenoxy) is 3. The number of aliphatic imine (C=N–C) groups is 2. The van der Waals surface area contributed by atoms with Crippen molar-refractivity contribution < 1.29 is 24.1 Å². The zero-order valence-electron chi connectivity index (χ0n) is 14.5. The summed E-state index contributed by atoms with van der Waals surface area (Å²) in [6.45, 7) is -0.0000266. The molecular formula is C16H14BrClN4O5. The lowest BCUT2D eigenvalue weighted by molar-refractivity contribution is -0.125. The zero-order valence-corrected chi connectivity index (χ0v) is 16.8. The Morgan fingerprint density at radius 1 is 1.22 bits per heavy atom. The Bertz CT molecular complexity index is 957. The molecule has 2 aliphatic rings. The van der Waals surface area contributed by atoms with Crippen molar-refractivity contribution in [1.29, 1.82) is 5.41 Å². The van der Waals surface area contributed by atoms with Crippen LogP contribution in [0.15, 0.2) is 31.9 Å². The molecule has 2 N–H and O–H groups in total. The van der Waals surface area contributed by atoms with Crippen molar-refractivity contribution in [3.05, 3.63) is 27.4 Å². The van der Waals surface area contributed by atoms with Gasteiger partial charge in [-0.2, -0.15) is 9.98 Å². The molecule has 2 heterocycles. The minimum atomic E-state index is -0.701. The van der Waals surface area contributed by atoms with Crippen molar-refractivity contribution in [3.8, 4) is 17.2 Å². The van der Waals surface area contributed by atoms with E-state index in [1.54, 1.807) is 6.07 Å². The highest BCUT2D eigenvalue weighted by molar-refractivity contribution is 9.10. The molecule has 3 rings (SSSR count). The number of nitrogens with zero attached hydrogens (tertiary/aromatic N) is 3. The van der Waals surface area contributed by atoms with Crippen LogP contribution in [0.25, 0.3) is 0 Å².